The summed E-state index contributed by atoms with van der Waals surface area (Å²) in [4.78, 5) is 26.7. The van der Waals surface area contributed by atoms with E-state index in [1.165, 1.54) is 25.7 Å². The maximum atomic E-state index is 14.3. The molecule has 1 aliphatic carbocycles. The predicted octanol–water partition coefficient (Wildman–Crippen LogP) is 4.87. The number of aryl methyl sites for hydroxylation is 1. The highest BCUT2D eigenvalue weighted by molar-refractivity contribution is 7.92. The minimum absolute atomic E-state index is 0.0416. The topological polar surface area (TPSA) is 124 Å². The molecule has 1 aliphatic heterocycles. The van der Waals surface area contributed by atoms with E-state index in [0.717, 1.165) is 36.1 Å². The number of aromatic nitrogens is 3. The van der Waals surface area contributed by atoms with Gasteiger partial charge in [0.05, 0.1) is 7.11 Å². The molecular formula is C30H29F2N5O5S. The van der Waals surface area contributed by atoms with Crippen LogP contribution in [0.3, 0.4) is 0 Å². The van der Waals surface area contributed by atoms with Crippen molar-refractivity contribution in [1.82, 2.24) is 19.9 Å². The molecule has 10 nitrogen and oxygen atoms in total. The molecule has 2 aliphatic rings. The third-order valence-electron chi connectivity index (χ3n) is 7.68. The van der Waals surface area contributed by atoms with Gasteiger partial charge in [-0.1, -0.05) is 0 Å². The van der Waals surface area contributed by atoms with Gasteiger partial charge in [-0.3, -0.25) is 9.52 Å². The fraction of sp³-hybridized carbons (Fsp3) is 0.333. The van der Waals surface area contributed by atoms with Gasteiger partial charge >= 0.3 is 0 Å². The normalized spacial score (nSPS) is 15.9. The van der Waals surface area contributed by atoms with E-state index in [4.69, 9.17) is 9.47 Å². The Balaban J connectivity index is 1.32. The second kappa shape index (κ2) is 11.4. The van der Waals surface area contributed by atoms with Crippen molar-refractivity contribution in [2.75, 3.05) is 24.9 Å². The minimum atomic E-state index is -4.46. The standard InChI is InChI=1S/C30H29F2N5O5S/c1-17-23-11-19(13-26(28(23)35-16-34-17)42-22-7-9-37(10-8-22)30(38)18-3-4-18)20-12-25(29(41-2)33-15-20)36-43(39,40)27-6-5-21(31)14-24(27)32/h5-6,11-16,18,22,36H,3-4,7-10H2,1-2H3. The molecule has 0 spiro atoms. The Labute approximate surface area is 247 Å². The van der Waals surface area contributed by atoms with Crippen LogP contribution in [0.4, 0.5) is 14.5 Å². The summed E-state index contributed by atoms with van der Waals surface area (Å²) in [6, 6.07) is 7.37. The number of carbonyl (C=O) groups excluding carboxylic acids is 1. The van der Waals surface area contributed by atoms with Gasteiger partial charge in [-0.05, 0) is 55.7 Å². The monoisotopic (exact) mass is 609 g/mol. The second-order valence-electron chi connectivity index (χ2n) is 10.7. The van der Waals surface area contributed by atoms with E-state index >= 15 is 0 Å². The van der Waals surface area contributed by atoms with Crippen molar-refractivity contribution in [3.05, 3.63) is 66.3 Å². The highest BCUT2D eigenvalue weighted by atomic mass is 32.2. The third-order valence-corrected chi connectivity index (χ3v) is 9.08. The van der Waals surface area contributed by atoms with Crippen LogP contribution in [0, 0.1) is 24.5 Å². The van der Waals surface area contributed by atoms with Gasteiger partial charge in [0, 0.05) is 60.8 Å². The first-order valence-corrected chi connectivity index (χ1v) is 15.3. The molecule has 6 rings (SSSR count). The zero-order valence-electron chi connectivity index (χ0n) is 23.5. The number of fused-ring (bicyclic) bond motifs is 1. The van der Waals surface area contributed by atoms with Gasteiger partial charge in [-0.15, -0.1) is 0 Å². The fourth-order valence-corrected chi connectivity index (χ4v) is 6.33. The average molecular weight is 610 g/mol. The van der Waals surface area contributed by atoms with Gasteiger partial charge in [-0.2, -0.15) is 0 Å². The Morgan fingerprint density at radius 2 is 1.77 bits per heavy atom. The molecule has 3 heterocycles. The fourth-order valence-electron chi connectivity index (χ4n) is 5.22. The Bertz CT molecular complexity index is 1830. The number of nitrogens with one attached hydrogen (secondary N) is 1. The first-order chi connectivity index (χ1) is 20.6. The number of anilines is 1. The van der Waals surface area contributed by atoms with Crippen LogP contribution < -0.4 is 14.2 Å². The van der Waals surface area contributed by atoms with Crippen LogP contribution in [0.2, 0.25) is 0 Å². The van der Waals surface area contributed by atoms with Gasteiger partial charge in [-0.25, -0.2) is 32.2 Å². The number of rotatable bonds is 8. The number of ether oxygens (including phenoxy) is 2. The van der Waals surface area contributed by atoms with Gasteiger partial charge < -0.3 is 14.4 Å². The Morgan fingerprint density at radius 3 is 2.47 bits per heavy atom. The largest absolute Gasteiger partial charge is 0.488 e. The van der Waals surface area contributed by atoms with Crippen molar-refractivity contribution in [3.8, 4) is 22.8 Å². The lowest BCUT2D eigenvalue weighted by molar-refractivity contribution is -0.134. The maximum Gasteiger partial charge on any atom is 0.264 e. The van der Waals surface area contributed by atoms with Crippen LogP contribution in [0.25, 0.3) is 22.0 Å². The van der Waals surface area contributed by atoms with E-state index in [1.54, 1.807) is 6.07 Å². The smallest absolute Gasteiger partial charge is 0.264 e. The molecule has 0 unspecified atom stereocenters. The lowest BCUT2D eigenvalue weighted by atomic mass is 10.0. The number of likely N-dealkylation sites (tertiary alicyclic amines) is 1. The van der Waals surface area contributed by atoms with Crippen molar-refractivity contribution < 1.29 is 31.5 Å². The molecule has 1 N–H and O–H groups in total. The lowest BCUT2D eigenvalue weighted by Crippen LogP contribution is -2.42. The van der Waals surface area contributed by atoms with E-state index < -0.39 is 26.6 Å². The molecule has 1 saturated carbocycles. The highest BCUT2D eigenvalue weighted by Crippen LogP contribution is 2.37. The molecule has 13 heteroatoms. The Hall–Kier alpha value is -4.39. The summed E-state index contributed by atoms with van der Waals surface area (Å²) in [5.74, 6) is -1.24. The number of hydrogen-bond donors (Lipinski definition) is 1. The van der Waals surface area contributed by atoms with Crippen LogP contribution in [-0.4, -0.2) is 60.5 Å². The molecule has 0 bridgehead atoms. The third kappa shape index (κ3) is 5.94. The molecule has 1 amide bonds. The number of pyridine rings is 1. The molecule has 224 valence electrons. The molecule has 2 aromatic heterocycles. The van der Waals surface area contributed by atoms with E-state index in [0.29, 0.717) is 54.4 Å². The van der Waals surface area contributed by atoms with Crippen LogP contribution in [-0.2, 0) is 14.8 Å². The number of hydrogen-bond acceptors (Lipinski definition) is 8. The summed E-state index contributed by atoms with van der Waals surface area (Å²) in [5, 5.41) is 0.739. The molecule has 2 aromatic carbocycles. The first-order valence-electron chi connectivity index (χ1n) is 13.9. The summed E-state index contributed by atoms with van der Waals surface area (Å²) < 4.78 is 67.9. The summed E-state index contributed by atoms with van der Waals surface area (Å²) >= 11 is 0. The summed E-state index contributed by atoms with van der Waals surface area (Å²) in [5.41, 5.74) is 2.46. The first kappa shape index (κ1) is 28.7. The average Bonchev–Trinajstić information content (AvgIpc) is 3.83. The van der Waals surface area contributed by atoms with Gasteiger partial charge in [0.2, 0.25) is 11.8 Å². The van der Waals surface area contributed by atoms with Crippen molar-refractivity contribution in [2.24, 2.45) is 5.92 Å². The second-order valence-corrected chi connectivity index (χ2v) is 12.4. The van der Waals surface area contributed by atoms with Crippen LogP contribution in [0.5, 0.6) is 11.6 Å². The van der Waals surface area contributed by atoms with Crippen molar-refractivity contribution in [3.63, 3.8) is 0 Å². The number of piperidine rings is 1. The number of amides is 1. The maximum absolute atomic E-state index is 14.3. The molecule has 2 fully saturated rings. The quantitative estimate of drug-likeness (QED) is 0.300. The van der Waals surface area contributed by atoms with Crippen molar-refractivity contribution in [2.45, 2.75) is 43.6 Å². The molecular weight excluding hydrogens is 580 g/mol. The zero-order chi connectivity index (χ0) is 30.3. The summed E-state index contributed by atoms with van der Waals surface area (Å²) in [6.07, 6.45) is 6.17. The van der Waals surface area contributed by atoms with Gasteiger partial charge in [0.25, 0.3) is 10.0 Å². The predicted molar refractivity (Wildman–Crippen MR) is 154 cm³/mol. The number of halogens is 2. The number of carbonyl (C=O) groups is 1. The van der Waals surface area contributed by atoms with Crippen molar-refractivity contribution >= 4 is 32.5 Å². The van der Waals surface area contributed by atoms with E-state index in [2.05, 4.69) is 19.7 Å². The Kier molecular flexibility index (Phi) is 7.59. The molecule has 43 heavy (non-hydrogen) atoms. The van der Waals surface area contributed by atoms with Gasteiger partial charge in [0.15, 0.2) is 0 Å². The number of methoxy groups -OCH3 is 1. The summed E-state index contributed by atoms with van der Waals surface area (Å²) in [7, 11) is -3.13. The molecule has 0 atom stereocenters. The zero-order valence-corrected chi connectivity index (χ0v) is 24.3. The SMILES string of the molecule is COc1ncc(-c2cc(OC3CCN(C(=O)C4CC4)CC3)c3ncnc(C)c3c2)cc1NS(=O)(=O)c1ccc(F)cc1F. The lowest BCUT2D eigenvalue weighted by Gasteiger charge is -2.32. The van der Waals surface area contributed by atoms with E-state index in [9.17, 15) is 22.0 Å². The number of benzene rings is 2. The number of nitrogens with zero attached hydrogens (tertiary/aromatic N) is 4. The van der Waals surface area contributed by atoms with Crippen LogP contribution >= 0.6 is 0 Å². The van der Waals surface area contributed by atoms with Crippen LogP contribution in [0.15, 0.2) is 53.8 Å². The van der Waals surface area contributed by atoms with Crippen molar-refractivity contribution in [1.29, 1.82) is 0 Å². The van der Waals surface area contributed by atoms with Gasteiger partial charge in [0.1, 0.15) is 45.9 Å². The highest BCUT2D eigenvalue weighted by Gasteiger charge is 2.35. The van der Waals surface area contributed by atoms with E-state index in [1.807, 2.05) is 17.9 Å². The van der Waals surface area contributed by atoms with Crippen LogP contribution in [0.1, 0.15) is 31.4 Å². The number of sulfonamides is 1. The summed E-state index contributed by atoms with van der Waals surface area (Å²) in [6.45, 7) is 3.11. The molecule has 4 aromatic rings. The van der Waals surface area contributed by atoms with E-state index in [-0.39, 0.29) is 29.5 Å². The minimum Gasteiger partial charge on any atom is -0.488 e. The molecule has 1 saturated heterocycles. The Morgan fingerprint density at radius 1 is 1.00 bits per heavy atom. The molecule has 0 radical (unpaired) electrons.